The number of ether oxygens (including phenoxy) is 1. The van der Waals surface area contributed by atoms with Crippen molar-refractivity contribution < 1.29 is 14.3 Å². The summed E-state index contributed by atoms with van der Waals surface area (Å²) in [4.78, 5) is 25.6. The van der Waals surface area contributed by atoms with E-state index in [0.29, 0.717) is 5.56 Å². The molecule has 3 N–H and O–H groups in total. The minimum absolute atomic E-state index is 0.195. The molecule has 0 aliphatic rings. The van der Waals surface area contributed by atoms with Crippen molar-refractivity contribution in [2.24, 2.45) is 0 Å². The van der Waals surface area contributed by atoms with E-state index in [0.717, 1.165) is 38.9 Å². The van der Waals surface area contributed by atoms with Crippen LogP contribution in [0.15, 0.2) is 66.7 Å². The fourth-order valence-electron chi connectivity index (χ4n) is 4.05. The molecule has 0 spiro atoms. The zero-order valence-corrected chi connectivity index (χ0v) is 21.3. The van der Waals surface area contributed by atoms with Crippen molar-refractivity contribution in [2.75, 3.05) is 6.54 Å². The monoisotopic (exact) mass is 484 g/mol. The number of aromatic nitrogens is 2. The number of H-pyrrole nitrogens is 1. The van der Waals surface area contributed by atoms with Crippen molar-refractivity contribution in [3.05, 3.63) is 89.1 Å². The Bertz CT molecular complexity index is 1400. The van der Waals surface area contributed by atoms with Gasteiger partial charge in [0, 0.05) is 17.5 Å². The number of benzene rings is 3. The van der Waals surface area contributed by atoms with Crippen LogP contribution in [0.5, 0.6) is 0 Å². The molecule has 3 aromatic carbocycles. The Hall–Kier alpha value is -4.13. The summed E-state index contributed by atoms with van der Waals surface area (Å²) in [5.41, 5.74) is 5.74. The van der Waals surface area contributed by atoms with Crippen LogP contribution in [0.4, 0.5) is 4.79 Å². The van der Waals surface area contributed by atoms with Gasteiger partial charge in [0.05, 0.1) is 17.3 Å². The first kappa shape index (κ1) is 25.0. The number of rotatable bonds is 6. The smallest absolute Gasteiger partial charge is 0.407 e. The van der Waals surface area contributed by atoms with E-state index in [9.17, 15) is 9.59 Å². The predicted molar refractivity (Wildman–Crippen MR) is 142 cm³/mol. The number of nitrogens with zero attached hydrogens (tertiary/aromatic N) is 1. The maximum Gasteiger partial charge on any atom is 0.407 e. The largest absolute Gasteiger partial charge is 0.444 e. The lowest BCUT2D eigenvalue weighted by atomic mass is 10.00. The fourth-order valence-corrected chi connectivity index (χ4v) is 4.05. The van der Waals surface area contributed by atoms with Gasteiger partial charge in [-0.3, -0.25) is 9.89 Å². The molecule has 0 aliphatic carbocycles. The van der Waals surface area contributed by atoms with Gasteiger partial charge in [-0.05, 0) is 75.6 Å². The maximum absolute atomic E-state index is 13.3. The second-order valence-electron chi connectivity index (χ2n) is 9.97. The van der Waals surface area contributed by atoms with Gasteiger partial charge < -0.3 is 15.4 Å². The summed E-state index contributed by atoms with van der Waals surface area (Å²) in [5.74, 6) is -0.227. The summed E-state index contributed by atoms with van der Waals surface area (Å²) in [5, 5.41) is 14.2. The van der Waals surface area contributed by atoms with Gasteiger partial charge in [-0.1, -0.05) is 48.0 Å². The number of hydrogen-bond donors (Lipinski definition) is 3. The molecule has 7 heteroatoms. The molecule has 2 amide bonds. The quantitative estimate of drug-likeness (QED) is 0.320. The maximum atomic E-state index is 13.3. The van der Waals surface area contributed by atoms with E-state index in [1.165, 1.54) is 0 Å². The van der Waals surface area contributed by atoms with Crippen molar-refractivity contribution in [3.8, 4) is 11.1 Å². The Balaban J connectivity index is 1.55. The second kappa shape index (κ2) is 10.2. The van der Waals surface area contributed by atoms with Crippen LogP contribution in [0.25, 0.3) is 22.0 Å². The van der Waals surface area contributed by atoms with E-state index in [4.69, 9.17) is 4.74 Å². The molecule has 36 heavy (non-hydrogen) atoms. The van der Waals surface area contributed by atoms with Crippen molar-refractivity contribution in [1.29, 1.82) is 0 Å². The Morgan fingerprint density at radius 2 is 1.72 bits per heavy atom. The fraction of sp³-hybridized carbons (Fsp3) is 0.276. The summed E-state index contributed by atoms with van der Waals surface area (Å²) in [6, 6.07) is 21.0. The molecule has 0 saturated carbocycles. The third-order valence-corrected chi connectivity index (χ3v) is 5.81. The SMILES string of the molecule is Cc1cccc(C(CNC(=O)OC(C)(C)C)NC(=O)c2cccc(-c3ccc4[nH]nc(C)c4c3)c2)c1. The number of fused-ring (bicyclic) bond motifs is 1. The number of aryl methyl sites for hydroxylation is 2. The first-order valence-electron chi connectivity index (χ1n) is 12.0. The van der Waals surface area contributed by atoms with Crippen LogP contribution in [0.3, 0.4) is 0 Å². The Morgan fingerprint density at radius 1 is 0.972 bits per heavy atom. The molecule has 0 aliphatic heterocycles. The molecule has 4 rings (SSSR count). The number of hydrogen-bond acceptors (Lipinski definition) is 4. The standard InChI is InChI=1S/C29H32N4O3/c1-18-8-6-10-22(14-18)26(17-30-28(35)36-29(3,4)5)31-27(34)23-11-7-9-20(15-23)21-12-13-25-24(16-21)19(2)32-33-25/h6-16,26H,17H2,1-5H3,(H,30,35)(H,31,34)(H,32,33). The molecule has 0 bridgehead atoms. The van der Waals surface area contributed by atoms with Crippen LogP contribution in [0, 0.1) is 13.8 Å². The number of nitrogens with one attached hydrogen (secondary N) is 3. The van der Waals surface area contributed by atoms with E-state index in [-0.39, 0.29) is 12.5 Å². The van der Waals surface area contributed by atoms with Crippen LogP contribution < -0.4 is 10.6 Å². The Kier molecular flexibility index (Phi) is 7.10. The highest BCUT2D eigenvalue weighted by molar-refractivity contribution is 5.96. The third-order valence-electron chi connectivity index (χ3n) is 5.81. The van der Waals surface area contributed by atoms with Gasteiger partial charge in [0.15, 0.2) is 0 Å². The Labute approximate surface area is 211 Å². The molecule has 0 fully saturated rings. The van der Waals surface area contributed by atoms with Gasteiger partial charge in [0.2, 0.25) is 0 Å². The highest BCUT2D eigenvalue weighted by Gasteiger charge is 2.20. The average molecular weight is 485 g/mol. The lowest BCUT2D eigenvalue weighted by molar-refractivity contribution is 0.0520. The van der Waals surface area contributed by atoms with Crippen LogP contribution in [0.1, 0.15) is 54.0 Å². The first-order chi connectivity index (χ1) is 17.1. The van der Waals surface area contributed by atoms with Gasteiger partial charge >= 0.3 is 6.09 Å². The summed E-state index contributed by atoms with van der Waals surface area (Å²) in [6.07, 6.45) is -0.527. The molecule has 1 heterocycles. The normalized spacial score (nSPS) is 12.2. The summed E-state index contributed by atoms with van der Waals surface area (Å²) < 4.78 is 5.37. The number of carbonyl (C=O) groups excluding carboxylic acids is 2. The van der Waals surface area contributed by atoms with Crippen molar-refractivity contribution in [3.63, 3.8) is 0 Å². The topological polar surface area (TPSA) is 96.1 Å². The third kappa shape index (κ3) is 6.10. The van der Waals surface area contributed by atoms with E-state index in [2.05, 4.69) is 26.9 Å². The van der Waals surface area contributed by atoms with Crippen molar-refractivity contribution in [2.45, 2.75) is 46.3 Å². The predicted octanol–water partition coefficient (Wildman–Crippen LogP) is 5.84. The molecular formula is C29H32N4O3. The molecule has 1 aromatic heterocycles. The van der Waals surface area contributed by atoms with E-state index in [1.807, 2.05) is 89.2 Å². The first-order valence-corrected chi connectivity index (χ1v) is 12.0. The number of aromatic amines is 1. The molecule has 4 aromatic rings. The van der Waals surface area contributed by atoms with Crippen LogP contribution >= 0.6 is 0 Å². The molecule has 0 saturated heterocycles. The highest BCUT2D eigenvalue weighted by Crippen LogP contribution is 2.26. The van der Waals surface area contributed by atoms with Crippen molar-refractivity contribution in [1.82, 2.24) is 20.8 Å². The molecule has 186 valence electrons. The van der Waals surface area contributed by atoms with Crippen LogP contribution in [0.2, 0.25) is 0 Å². The van der Waals surface area contributed by atoms with Gasteiger partial charge in [0.1, 0.15) is 5.60 Å². The van der Waals surface area contributed by atoms with Crippen LogP contribution in [-0.2, 0) is 4.74 Å². The van der Waals surface area contributed by atoms with Crippen LogP contribution in [-0.4, -0.2) is 34.3 Å². The molecular weight excluding hydrogens is 452 g/mol. The molecule has 1 atom stereocenters. The minimum Gasteiger partial charge on any atom is -0.444 e. The number of alkyl carbamates (subject to hydrolysis) is 1. The summed E-state index contributed by atoms with van der Waals surface area (Å²) in [6.45, 7) is 9.58. The zero-order valence-electron chi connectivity index (χ0n) is 21.3. The van der Waals surface area contributed by atoms with Gasteiger partial charge in [-0.2, -0.15) is 5.10 Å². The zero-order chi connectivity index (χ0) is 25.9. The lowest BCUT2D eigenvalue weighted by Crippen LogP contribution is -2.40. The second-order valence-corrected chi connectivity index (χ2v) is 9.97. The van der Waals surface area contributed by atoms with E-state index in [1.54, 1.807) is 6.07 Å². The Morgan fingerprint density at radius 3 is 2.47 bits per heavy atom. The van der Waals surface area contributed by atoms with Gasteiger partial charge in [-0.15, -0.1) is 0 Å². The highest BCUT2D eigenvalue weighted by atomic mass is 16.6. The van der Waals surface area contributed by atoms with E-state index < -0.39 is 17.7 Å². The number of carbonyl (C=O) groups is 2. The molecule has 7 nitrogen and oxygen atoms in total. The van der Waals surface area contributed by atoms with E-state index >= 15 is 0 Å². The molecule has 1 unspecified atom stereocenters. The lowest BCUT2D eigenvalue weighted by Gasteiger charge is -2.23. The van der Waals surface area contributed by atoms with Gasteiger partial charge in [0.25, 0.3) is 5.91 Å². The number of amides is 2. The summed E-state index contributed by atoms with van der Waals surface area (Å²) in [7, 11) is 0. The average Bonchev–Trinajstić information content (AvgIpc) is 3.20. The minimum atomic E-state index is -0.607. The molecule has 0 radical (unpaired) electrons. The van der Waals surface area contributed by atoms with Gasteiger partial charge in [-0.25, -0.2) is 4.79 Å². The summed E-state index contributed by atoms with van der Waals surface area (Å²) >= 11 is 0. The van der Waals surface area contributed by atoms with Crippen molar-refractivity contribution >= 4 is 22.9 Å².